The van der Waals surface area contributed by atoms with Crippen LogP contribution in [0.25, 0.3) is 0 Å². The van der Waals surface area contributed by atoms with Gasteiger partial charge in [-0.1, -0.05) is 13.8 Å². The highest BCUT2D eigenvalue weighted by molar-refractivity contribution is 5.93. The Morgan fingerprint density at radius 1 is 1.56 bits per heavy atom. The molecular weight excluding hydrogens is 226 g/mol. The maximum absolute atomic E-state index is 12.5. The fourth-order valence-electron chi connectivity index (χ4n) is 2.03. The van der Waals surface area contributed by atoms with Crippen molar-refractivity contribution in [2.75, 3.05) is 18.9 Å². The molecule has 4 heteroatoms. The lowest BCUT2D eigenvalue weighted by Crippen LogP contribution is -2.36. The van der Waals surface area contributed by atoms with Gasteiger partial charge in [0.2, 0.25) is 0 Å². The minimum absolute atomic E-state index is 0.0586. The van der Waals surface area contributed by atoms with Gasteiger partial charge in [0.05, 0.1) is 0 Å². The summed E-state index contributed by atoms with van der Waals surface area (Å²) in [7, 11) is 1.84. The number of anilines is 1. The van der Waals surface area contributed by atoms with E-state index in [1.54, 1.807) is 6.20 Å². The van der Waals surface area contributed by atoms with Gasteiger partial charge in [-0.15, -0.1) is 0 Å². The fourth-order valence-corrected chi connectivity index (χ4v) is 2.03. The van der Waals surface area contributed by atoms with Gasteiger partial charge >= 0.3 is 0 Å². The molecule has 0 spiro atoms. The minimum Gasteiger partial charge on any atom is -0.388 e. The third-order valence-electron chi connectivity index (χ3n) is 3.08. The molecule has 1 aliphatic rings. The molecule has 0 atom stereocenters. The van der Waals surface area contributed by atoms with Crippen LogP contribution in [0.3, 0.4) is 0 Å². The lowest BCUT2D eigenvalue weighted by atomic mass is 10.2. The van der Waals surface area contributed by atoms with Crippen LogP contribution in [-0.2, 0) is 0 Å². The Morgan fingerprint density at radius 3 is 2.83 bits per heavy atom. The summed E-state index contributed by atoms with van der Waals surface area (Å²) in [6, 6.07) is 4.11. The number of hydrogen-bond donors (Lipinski definition) is 1. The van der Waals surface area contributed by atoms with Crippen molar-refractivity contribution in [3.8, 4) is 0 Å². The van der Waals surface area contributed by atoms with E-state index >= 15 is 0 Å². The third-order valence-corrected chi connectivity index (χ3v) is 3.08. The molecule has 0 saturated heterocycles. The maximum Gasteiger partial charge on any atom is 0.272 e. The van der Waals surface area contributed by atoms with Crippen LogP contribution in [-0.4, -0.2) is 35.4 Å². The van der Waals surface area contributed by atoms with Gasteiger partial charge in [-0.2, -0.15) is 0 Å². The van der Waals surface area contributed by atoms with Crippen LogP contribution in [0.5, 0.6) is 0 Å². The van der Waals surface area contributed by atoms with Crippen molar-refractivity contribution in [2.24, 2.45) is 5.92 Å². The molecule has 1 saturated carbocycles. The fraction of sp³-hybridized carbons (Fsp3) is 0.571. The van der Waals surface area contributed by atoms with Gasteiger partial charge in [0.25, 0.3) is 5.91 Å². The Labute approximate surface area is 108 Å². The standard InChI is InChI=1S/C14H21N3O/c1-10(2)9-17(12-4-5-12)14(18)13-8-11(15-3)6-7-16-13/h6-8,10,12H,4-5,9H2,1-3H3,(H,15,16). The molecule has 1 heterocycles. The van der Waals surface area contributed by atoms with Crippen LogP contribution >= 0.6 is 0 Å². The molecular formula is C14H21N3O. The predicted octanol–water partition coefficient (Wildman–Crippen LogP) is 2.38. The first-order chi connectivity index (χ1) is 8.61. The molecule has 0 aliphatic heterocycles. The quantitative estimate of drug-likeness (QED) is 0.869. The number of rotatable bonds is 5. The minimum atomic E-state index is 0.0586. The second-order valence-corrected chi connectivity index (χ2v) is 5.26. The number of hydrogen-bond acceptors (Lipinski definition) is 3. The topological polar surface area (TPSA) is 45.2 Å². The Kier molecular flexibility index (Phi) is 3.84. The van der Waals surface area contributed by atoms with Crippen molar-refractivity contribution >= 4 is 11.6 Å². The molecule has 0 bridgehead atoms. The van der Waals surface area contributed by atoms with Crippen molar-refractivity contribution in [1.82, 2.24) is 9.88 Å². The zero-order valence-electron chi connectivity index (χ0n) is 11.3. The van der Waals surface area contributed by atoms with E-state index in [4.69, 9.17) is 0 Å². The van der Waals surface area contributed by atoms with Crippen molar-refractivity contribution in [2.45, 2.75) is 32.7 Å². The Morgan fingerprint density at radius 2 is 2.28 bits per heavy atom. The van der Waals surface area contributed by atoms with Gasteiger partial charge < -0.3 is 10.2 Å². The van der Waals surface area contributed by atoms with E-state index in [1.165, 1.54) is 0 Å². The van der Waals surface area contributed by atoms with Crippen molar-refractivity contribution in [3.63, 3.8) is 0 Å². The Hall–Kier alpha value is -1.58. The Balaban J connectivity index is 2.16. The monoisotopic (exact) mass is 247 g/mol. The van der Waals surface area contributed by atoms with Crippen molar-refractivity contribution < 1.29 is 4.79 Å². The summed E-state index contributed by atoms with van der Waals surface area (Å²) in [4.78, 5) is 18.6. The molecule has 1 amide bonds. The van der Waals surface area contributed by atoms with Gasteiger partial charge in [0.15, 0.2) is 0 Å². The van der Waals surface area contributed by atoms with E-state index < -0.39 is 0 Å². The van der Waals surface area contributed by atoms with Gasteiger partial charge in [0, 0.05) is 31.5 Å². The molecule has 2 rings (SSSR count). The molecule has 1 aromatic heterocycles. The van der Waals surface area contributed by atoms with Crippen LogP contribution in [0.15, 0.2) is 18.3 Å². The Bertz CT molecular complexity index is 427. The van der Waals surface area contributed by atoms with Gasteiger partial charge in [0.1, 0.15) is 5.69 Å². The summed E-state index contributed by atoms with van der Waals surface area (Å²) in [5.41, 5.74) is 1.46. The second kappa shape index (κ2) is 5.38. The molecule has 98 valence electrons. The summed E-state index contributed by atoms with van der Waals surface area (Å²) in [5, 5.41) is 3.04. The average molecular weight is 247 g/mol. The lowest BCUT2D eigenvalue weighted by Gasteiger charge is -2.24. The van der Waals surface area contributed by atoms with Crippen LogP contribution in [0, 0.1) is 5.92 Å². The molecule has 0 unspecified atom stereocenters. The number of aromatic nitrogens is 1. The van der Waals surface area contributed by atoms with E-state index in [0.29, 0.717) is 17.7 Å². The number of amides is 1. The first-order valence-corrected chi connectivity index (χ1v) is 6.56. The van der Waals surface area contributed by atoms with Crippen LogP contribution in [0.4, 0.5) is 5.69 Å². The highest BCUT2D eigenvalue weighted by Crippen LogP contribution is 2.29. The van der Waals surface area contributed by atoms with Gasteiger partial charge in [-0.05, 0) is 30.9 Å². The average Bonchev–Trinajstić information content (AvgIpc) is 3.19. The normalized spacial score (nSPS) is 14.7. The molecule has 0 aromatic carbocycles. The highest BCUT2D eigenvalue weighted by atomic mass is 16.2. The molecule has 1 fully saturated rings. The summed E-state index contributed by atoms with van der Waals surface area (Å²) in [6.45, 7) is 5.09. The van der Waals surface area contributed by atoms with Crippen LogP contribution in [0.1, 0.15) is 37.2 Å². The van der Waals surface area contributed by atoms with E-state index in [9.17, 15) is 4.79 Å². The molecule has 18 heavy (non-hydrogen) atoms. The van der Waals surface area contributed by atoms with E-state index in [-0.39, 0.29) is 5.91 Å². The SMILES string of the molecule is CNc1ccnc(C(=O)N(CC(C)C)C2CC2)c1. The molecule has 1 N–H and O–H groups in total. The van der Waals surface area contributed by atoms with Gasteiger partial charge in [-0.3, -0.25) is 9.78 Å². The van der Waals surface area contributed by atoms with Crippen LogP contribution < -0.4 is 5.32 Å². The lowest BCUT2D eigenvalue weighted by molar-refractivity contribution is 0.0716. The molecule has 1 aliphatic carbocycles. The number of pyridine rings is 1. The summed E-state index contributed by atoms with van der Waals surface area (Å²) in [6.07, 6.45) is 3.94. The largest absolute Gasteiger partial charge is 0.388 e. The van der Waals surface area contributed by atoms with Crippen LogP contribution in [0.2, 0.25) is 0 Å². The zero-order valence-corrected chi connectivity index (χ0v) is 11.3. The zero-order chi connectivity index (χ0) is 13.1. The van der Waals surface area contributed by atoms with Gasteiger partial charge in [-0.25, -0.2) is 0 Å². The van der Waals surface area contributed by atoms with E-state index in [0.717, 1.165) is 25.1 Å². The van der Waals surface area contributed by atoms with Crippen molar-refractivity contribution in [1.29, 1.82) is 0 Å². The molecule has 1 aromatic rings. The maximum atomic E-state index is 12.5. The second-order valence-electron chi connectivity index (χ2n) is 5.26. The number of nitrogens with one attached hydrogen (secondary N) is 1. The van der Waals surface area contributed by atoms with E-state index in [1.807, 2.05) is 24.1 Å². The highest BCUT2D eigenvalue weighted by Gasteiger charge is 2.33. The molecule has 0 radical (unpaired) electrons. The summed E-state index contributed by atoms with van der Waals surface area (Å²) in [5.74, 6) is 0.547. The first-order valence-electron chi connectivity index (χ1n) is 6.56. The number of carbonyl (C=O) groups excluding carboxylic acids is 1. The van der Waals surface area contributed by atoms with Crippen molar-refractivity contribution in [3.05, 3.63) is 24.0 Å². The molecule has 4 nitrogen and oxygen atoms in total. The first kappa shape index (κ1) is 12.9. The number of nitrogens with zero attached hydrogens (tertiary/aromatic N) is 2. The number of carbonyl (C=O) groups is 1. The summed E-state index contributed by atoms with van der Waals surface area (Å²) >= 11 is 0. The van der Waals surface area contributed by atoms with E-state index in [2.05, 4.69) is 24.1 Å². The summed E-state index contributed by atoms with van der Waals surface area (Å²) < 4.78 is 0. The predicted molar refractivity (Wildman–Crippen MR) is 72.7 cm³/mol. The third kappa shape index (κ3) is 3.00. The smallest absolute Gasteiger partial charge is 0.272 e.